The van der Waals surface area contributed by atoms with E-state index in [9.17, 15) is 0 Å². The summed E-state index contributed by atoms with van der Waals surface area (Å²) < 4.78 is 22.2. The van der Waals surface area contributed by atoms with Crippen LogP contribution in [0, 0.1) is 5.92 Å². The van der Waals surface area contributed by atoms with Crippen LogP contribution < -0.4 is 9.47 Å². The molecule has 2 aromatic rings. The molecule has 174 valence electrons. The van der Waals surface area contributed by atoms with Gasteiger partial charge in [0.25, 0.3) is 0 Å². The Labute approximate surface area is 193 Å². The number of methoxy groups -OCH3 is 2. The third-order valence-electron chi connectivity index (χ3n) is 5.23. The predicted octanol–water partition coefficient (Wildman–Crippen LogP) is 6.75. The first-order chi connectivity index (χ1) is 15.5. The van der Waals surface area contributed by atoms with Crippen molar-refractivity contribution in [2.75, 3.05) is 27.4 Å². The first-order valence-corrected chi connectivity index (χ1v) is 11.3. The van der Waals surface area contributed by atoms with E-state index in [0.29, 0.717) is 32.3 Å². The van der Waals surface area contributed by atoms with Crippen LogP contribution in [0.4, 0.5) is 0 Å². The fourth-order valence-corrected chi connectivity index (χ4v) is 3.46. The van der Waals surface area contributed by atoms with Gasteiger partial charge in [-0.15, -0.1) is 0 Å². The molecular formula is C28H38O4. The molecule has 0 saturated heterocycles. The van der Waals surface area contributed by atoms with Gasteiger partial charge in [0.2, 0.25) is 0 Å². The van der Waals surface area contributed by atoms with Crippen LogP contribution in [-0.2, 0) is 22.7 Å². The van der Waals surface area contributed by atoms with Gasteiger partial charge < -0.3 is 18.9 Å². The van der Waals surface area contributed by atoms with Crippen LogP contribution in [0.15, 0.2) is 71.8 Å². The van der Waals surface area contributed by atoms with Gasteiger partial charge in [-0.25, -0.2) is 0 Å². The Morgan fingerprint density at radius 2 is 1.28 bits per heavy atom. The van der Waals surface area contributed by atoms with Crippen molar-refractivity contribution in [1.82, 2.24) is 0 Å². The van der Waals surface area contributed by atoms with Gasteiger partial charge >= 0.3 is 0 Å². The quantitative estimate of drug-likeness (QED) is 0.242. The number of rotatable bonds is 14. The molecule has 0 saturated carbocycles. The average molecular weight is 439 g/mol. The zero-order valence-electron chi connectivity index (χ0n) is 20.2. The van der Waals surface area contributed by atoms with Gasteiger partial charge in [0.1, 0.15) is 11.5 Å². The predicted molar refractivity (Wildman–Crippen MR) is 131 cm³/mol. The van der Waals surface area contributed by atoms with Crippen molar-refractivity contribution in [2.45, 2.75) is 46.8 Å². The second kappa shape index (κ2) is 14.5. The summed E-state index contributed by atoms with van der Waals surface area (Å²) in [6, 6.07) is 16.0. The van der Waals surface area contributed by atoms with E-state index in [1.54, 1.807) is 14.2 Å². The lowest BCUT2D eigenvalue weighted by molar-refractivity contribution is 0.121. The Hall–Kier alpha value is -2.56. The molecule has 0 bridgehead atoms. The summed E-state index contributed by atoms with van der Waals surface area (Å²) in [5.41, 5.74) is 5.03. The molecular weight excluding hydrogens is 400 g/mol. The molecule has 1 unspecified atom stereocenters. The fourth-order valence-electron chi connectivity index (χ4n) is 3.46. The van der Waals surface area contributed by atoms with Crippen LogP contribution in [0.1, 0.15) is 44.7 Å². The van der Waals surface area contributed by atoms with Gasteiger partial charge in [-0.1, -0.05) is 54.5 Å². The summed E-state index contributed by atoms with van der Waals surface area (Å²) in [5.74, 6) is 2.12. The minimum atomic E-state index is 0.395. The van der Waals surface area contributed by atoms with E-state index in [0.717, 1.165) is 35.5 Å². The van der Waals surface area contributed by atoms with Crippen molar-refractivity contribution < 1.29 is 18.9 Å². The number of ether oxygens (including phenoxy) is 4. The third-order valence-corrected chi connectivity index (χ3v) is 5.23. The van der Waals surface area contributed by atoms with Crippen LogP contribution in [0.25, 0.3) is 0 Å². The van der Waals surface area contributed by atoms with Crippen LogP contribution in [-0.4, -0.2) is 27.4 Å². The van der Waals surface area contributed by atoms with Gasteiger partial charge in [-0.3, -0.25) is 0 Å². The van der Waals surface area contributed by atoms with E-state index >= 15 is 0 Å². The number of hydrogen-bond acceptors (Lipinski definition) is 4. The molecule has 32 heavy (non-hydrogen) atoms. The average Bonchev–Trinajstić information content (AvgIpc) is 2.80. The van der Waals surface area contributed by atoms with E-state index in [2.05, 4.69) is 32.9 Å². The van der Waals surface area contributed by atoms with Crippen molar-refractivity contribution in [2.24, 2.45) is 5.92 Å². The lowest BCUT2D eigenvalue weighted by atomic mass is 9.95. The van der Waals surface area contributed by atoms with Gasteiger partial charge in [0.05, 0.1) is 40.6 Å². The molecule has 0 radical (unpaired) electrons. The van der Waals surface area contributed by atoms with E-state index in [-0.39, 0.29) is 0 Å². The van der Waals surface area contributed by atoms with Crippen molar-refractivity contribution in [1.29, 1.82) is 0 Å². The fraction of sp³-hybridized carbons (Fsp3) is 0.429. The van der Waals surface area contributed by atoms with Crippen LogP contribution >= 0.6 is 0 Å². The molecule has 0 aromatic heterocycles. The molecule has 2 rings (SSSR count). The van der Waals surface area contributed by atoms with Crippen molar-refractivity contribution in [3.05, 3.63) is 83.0 Å². The highest BCUT2D eigenvalue weighted by Crippen LogP contribution is 2.20. The zero-order valence-corrected chi connectivity index (χ0v) is 20.2. The molecule has 0 aliphatic carbocycles. The van der Waals surface area contributed by atoms with Gasteiger partial charge in [0, 0.05) is 0 Å². The van der Waals surface area contributed by atoms with E-state index < -0.39 is 0 Å². The highest BCUT2D eigenvalue weighted by molar-refractivity contribution is 5.27. The topological polar surface area (TPSA) is 36.9 Å². The maximum atomic E-state index is 5.94. The molecule has 4 heteroatoms. The summed E-state index contributed by atoms with van der Waals surface area (Å²) >= 11 is 0. The summed E-state index contributed by atoms with van der Waals surface area (Å²) in [5, 5.41) is 0. The van der Waals surface area contributed by atoms with Gasteiger partial charge in [-0.05, 0) is 68.0 Å². The summed E-state index contributed by atoms with van der Waals surface area (Å²) in [4.78, 5) is 0. The highest BCUT2D eigenvalue weighted by Gasteiger charge is 2.07. The molecule has 2 aromatic carbocycles. The number of allylic oxidation sites excluding steroid dienone is 2. The summed E-state index contributed by atoms with van der Waals surface area (Å²) in [6.07, 6.45) is 6.44. The monoisotopic (exact) mass is 438 g/mol. The smallest absolute Gasteiger partial charge is 0.118 e. The summed E-state index contributed by atoms with van der Waals surface area (Å²) in [6.45, 7) is 9.16. The number of hydrogen-bond donors (Lipinski definition) is 0. The van der Waals surface area contributed by atoms with Gasteiger partial charge in [0.15, 0.2) is 0 Å². The molecule has 4 nitrogen and oxygen atoms in total. The largest absolute Gasteiger partial charge is 0.497 e. The SMILES string of the molecule is COc1ccc(COCC/C=C(\CCOCc2ccc(OC)cc2)C(C)C=C(C)C)cc1. The molecule has 0 aliphatic heterocycles. The second-order valence-electron chi connectivity index (χ2n) is 8.15. The van der Waals surface area contributed by atoms with Crippen molar-refractivity contribution in [3.63, 3.8) is 0 Å². The molecule has 0 heterocycles. The van der Waals surface area contributed by atoms with Crippen LogP contribution in [0.5, 0.6) is 11.5 Å². The Kier molecular flexibility index (Phi) is 11.6. The Balaban J connectivity index is 1.79. The molecule has 0 N–H and O–H groups in total. The number of benzene rings is 2. The van der Waals surface area contributed by atoms with Crippen LogP contribution in [0.2, 0.25) is 0 Å². The first kappa shape index (κ1) is 25.7. The van der Waals surface area contributed by atoms with Crippen molar-refractivity contribution in [3.8, 4) is 11.5 Å². The Morgan fingerprint density at radius 1 is 0.781 bits per heavy atom. The van der Waals surface area contributed by atoms with E-state index in [4.69, 9.17) is 18.9 Å². The molecule has 0 amide bonds. The molecule has 1 atom stereocenters. The second-order valence-corrected chi connectivity index (χ2v) is 8.15. The maximum Gasteiger partial charge on any atom is 0.118 e. The van der Waals surface area contributed by atoms with Crippen molar-refractivity contribution >= 4 is 0 Å². The standard InChI is InChI=1S/C28H38O4/c1-22(2)19-23(3)26(16-18-32-21-25-10-14-28(30-5)15-11-25)7-6-17-31-20-24-8-12-27(29-4)13-9-24/h7-15,19,23H,6,16-18,20-21H2,1-5H3/b26-7+. The Bertz CT molecular complexity index is 831. The molecule has 0 spiro atoms. The lowest BCUT2D eigenvalue weighted by Crippen LogP contribution is -2.04. The molecule has 0 aliphatic rings. The molecule has 0 fully saturated rings. The lowest BCUT2D eigenvalue weighted by Gasteiger charge is -2.14. The minimum absolute atomic E-state index is 0.395. The van der Waals surface area contributed by atoms with E-state index in [1.165, 1.54) is 11.1 Å². The zero-order chi connectivity index (χ0) is 23.2. The Morgan fingerprint density at radius 3 is 1.75 bits per heavy atom. The minimum Gasteiger partial charge on any atom is -0.497 e. The maximum absolute atomic E-state index is 5.94. The van der Waals surface area contributed by atoms with E-state index in [1.807, 2.05) is 48.5 Å². The van der Waals surface area contributed by atoms with Crippen LogP contribution in [0.3, 0.4) is 0 Å². The third kappa shape index (κ3) is 9.71. The van der Waals surface area contributed by atoms with Gasteiger partial charge in [-0.2, -0.15) is 0 Å². The first-order valence-electron chi connectivity index (χ1n) is 11.3. The summed E-state index contributed by atoms with van der Waals surface area (Å²) in [7, 11) is 3.35. The normalized spacial score (nSPS) is 12.3. The highest BCUT2D eigenvalue weighted by atomic mass is 16.5.